The Morgan fingerprint density at radius 3 is 2.56 bits per heavy atom. The summed E-state index contributed by atoms with van der Waals surface area (Å²) in [6.07, 6.45) is 3.84. The molecule has 7 nitrogen and oxygen atoms in total. The van der Waals surface area contributed by atoms with Gasteiger partial charge in [0.05, 0.1) is 6.33 Å². The third kappa shape index (κ3) is 6.05. The molecule has 3 aromatic rings. The standard InChI is InChI=1S/C26H34N4O3S/c1-26(2,3)17-27-23-16-33-24-11-10-20(14-29-34(31,32)25-15-30(4)18-28-25)13-22(24)21(23)12-19-8-6-5-7-9-19/h5-11,13,15,18,21,23,27,29H,12,14,16-17H2,1-4H3/t21-,23+/m1/s1. The van der Waals surface area contributed by atoms with E-state index in [1.54, 1.807) is 11.6 Å². The molecule has 1 aliphatic rings. The molecule has 2 heterocycles. The van der Waals surface area contributed by atoms with E-state index in [1.807, 2.05) is 18.2 Å². The van der Waals surface area contributed by atoms with Gasteiger partial charge in [0, 0.05) is 38.3 Å². The summed E-state index contributed by atoms with van der Waals surface area (Å²) in [6.45, 7) is 8.32. The Bertz CT molecular complexity index is 1220. The van der Waals surface area contributed by atoms with Gasteiger partial charge in [-0.05, 0) is 34.6 Å². The molecule has 0 unspecified atom stereocenters. The lowest BCUT2D eigenvalue weighted by Crippen LogP contribution is -2.46. The van der Waals surface area contributed by atoms with Gasteiger partial charge in [-0.15, -0.1) is 0 Å². The molecule has 2 atom stereocenters. The molecule has 0 fully saturated rings. The van der Waals surface area contributed by atoms with Crippen LogP contribution in [0.1, 0.15) is 43.4 Å². The number of fused-ring (bicyclic) bond motifs is 1. The summed E-state index contributed by atoms with van der Waals surface area (Å²) in [6, 6.07) is 16.6. The summed E-state index contributed by atoms with van der Waals surface area (Å²) >= 11 is 0. The summed E-state index contributed by atoms with van der Waals surface area (Å²) in [5.74, 6) is 1.08. The van der Waals surface area contributed by atoms with Crippen LogP contribution >= 0.6 is 0 Å². The smallest absolute Gasteiger partial charge is 0.259 e. The largest absolute Gasteiger partial charge is 0.492 e. The molecule has 1 aliphatic heterocycles. The van der Waals surface area contributed by atoms with Crippen molar-refractivity contribution in [3.63, 3.8) is 0 Å². The number of nitrogens with zero attached hydrogens (tertiary/aromatic N) is 2. The third-order valence-electron chi connectivity index (χ3n) is 5.99. The predicted molar refractivity (Wildman–Crippen MR) is 133 cm³/mol. The van der Waals surface area contributed by atoms with Crippen LogP contribution in [0.2, 0.25) is 0 Å². The number of nitrogens with one attached hydrogen (secondary N) is 2. The van der Waals surface area contributed by atoms with Gasteiger partial charge in [0.2, 0.25) is 0 Å². The maximum absolute atomic E-state index is 12.6. The van der Waals surface area contributed by atoms with Gasteiger partial charge in [-0.2, -0.15) is 0 Å². The molecule has 2 aromatic carbocycles. The minimum atomic E-state index is -3.68. The third-order valence-corrected chi connectivity index (χ3v) is 7.28. The van der Waals surface area contributed by atoms with Crippen molar-refractivity contribution in [2.24, 2.45) is 12.5 Å². The first-order valence-corrected chi connectivity index (χ1v) is 13.1. The second-order valence-electron chi connectivity index (χ2n) is 10.2. The van der Waals surface area contributed by atoms with Crippen LogP contribution in [0.25, 0.3) is 0 Å². The van der Waals surface area contributed by atoms with Gasteiger partial charge in [0.25, 0.3) is 10.0 Å². The van der Waals surface area contributed by atoms with Crippen LogP contribution < -0.4 is 14.8 Å². The summed E-state index contributed by atoms with van der Waals surface area (Å²) in [7, 11) is -1.94. The van der Waals surface area contributed by atoms with Gasteiger partial charge < -0.3 is 14.6 Å². The number of sulfonamides is 1. The monoisotopic (exact) mass is 482 g/mol. The fourth-order valence-corrected chi connectivity index (χ4v) is 5.18. The zero-order valence-corrected chi connectivity index (χ0v) is 21.1. The first-order chi connectivity index (χ1) is 16.1. The Labute approximate surface area is 202 Å². The fourth-order valence-electron chi connectivity index (χ4n) is 4.18. The first kappa shape index (κ1) is 24.4. The Balaban J connectivity index is 1.58. The maximum atomic E-state index is 12.6. The number of ether oxygens (including phenoxy) is 1. The Kier molecular flexibility index (Phi) is 7.12. The molecule has 0 radical (unpaired) electrons. The highest BCUT2D eigenvalue weighted by Gasteiger charge is 2.32. The average Bonchev–Trinajstić information content (AvgIpc) is 3.24. The van der Waals surface area contributed by atoms with Crippen LogP contribution in [0.4, 0.5) is 0 Å². The molecular weight excluding hydrogens is 448 g/mol. The van der Waals surface area contributed by atoms with Crippen LogP contribution in [0, 0.1) is 5.41 Å². The summed E-state index contributed by atoms with van der Waals surface area (Å²) in [5.41, 5.74) is 3.42. The lowest BCUT2D eigenvalue weighted by molar-refractivity contribution is 0.198. The molecule has 2 N–H and O–H groups in total. The zero-order valence-electron chi connectivity index (χ0n) is 20.3. The molecule has 0 saturated heterocycles. The van der Waals surface area contributed by atoms with Crippen LogP contribution in [0.3, 0.4) is 0 Å². The highest BCUT2D eigenvalue weighted by Crippen LogP contribution is 2.37. The summed E-state index contributed by atoms with van der Waals surface area (Å²) in [5, 5.41) is 3.74. The van der Waals surface area contributed by atoms with Crippen LogP contribution in [0.5, 0.6) is 5.75 Å². The lowest BCUT2D eigenvalue weighted by atomic mass is 9.82. The average molecular weight is 483 g/mol. The highest BCUT2D eigenvalue weighted by molar-refractivity contribution is 7.89. The van der Waals surface area contributed by atoms with Crippen molar-refractivity contribution in [3.05, 3.63) is 77.7 Å². The van der Waals surface area contributed by atoms with Gasteiger partial charge in [-0.25, -0.2) is 18.1 Å². The molecule has 34 heavy (non-hydrogen) atoms. The molecule has 0 bridgehead atoms. The Hall–Kier alpha value is -2.68. The van der Waals surface area contributed by atoms with E-state index in [2.05, 4.69) is 66.1 Å². The van der Waals surface area contributed by atoms with Crippen molar-refractivity contribution in [2.45, 2.75) is 50.7 Å². The van der Waals surface area contributed by atoms with Gasteiger partial charge in [0.1, 0.15) is 12.4 Å². The van der Waals surface area contributed by atoms with E-state index < -0.39 is 10.0 Å². The van der Waals surface area contributed by atoms with E-state index in [0.717, 1.165) is 29.8 Å². The molecule has 8 heteroatoms. The summed E-state index contributed by atoms with van der Waals surface area (Å²) < 4.78 is 35.7. The second-order valence-corrected chi connectivity index (χ2v) is 11.9. The molecular formula is C26H34N4O3S. The Morgan fingerprint density at radius 1 is 1.12 bits per heavy atom. The molecule has 0 amide bonds. The van der Waals surface area contributed by atoms with E-state index >= 15 is 0 Å². The van der Waals surface area contributed by atoms with Crippen LogP contribution in [-0.2, 0) is 30.0 Å². The number of benzene rings is 2. The normalized spacial score (nSPS) is 18.4. The Morgan fingerprint density at radius 2 is 1.88 bits per heavy atom. The molecule has 182 valence electrons. The molecule has 0 spiro atoms. The number of rotatable bonds is 8. The van der Waals surface area contributed by atoms with Crippen molar-refractivity contribution in [3.8, 4) is 5.75 Å². The number of aromatic nitrogens is 2. The molecule has 0 aliphatic carbocycles. The van der Waals surface area contributed by atoms with E-state index in [9.17, 15) is 8.42 Å². The zero-order chi connectivity index (χ0) is 24.3. The molecule has 4 rings (SSSR count). The number of hydrogen-bond donors (Lipinski definition) is 2. The van der Waals surface area contributed by atoms with E-state index in [4.69, 9.17) is 4.74 Å². The second kappa shape index (κ2) is 9.90. The van der Waals surface area contributed by atoms with E-state index in [0.29, 0.717) is 6.61 Å². The van der Waals surface area contributed by atoms with Gasteiger partial charge in [-0.1, -0.05) is 63.2 Å². The van der Waals surface area contributed by atoms with Crippen LogP contribution in [-0.4, -0.2) is 37.2 Å². The number of hydrogen-bond acceptors (Lipinski definition) is 5. The van der Waals surface area contributed by atoms with Gasteiger partial charge >= 0.3 is 0 Å². The first-order valence-electron chi connectivity index (χ1n) is 11.6. The van der Waals surface area contributed by atoms with E-state index in [-0.39, 0.29) is 28.9 Å². The molecule has 0 saturated carbocycles. The molecule has 1 aromatic heterocycles. The summed E-state index contributed by atoms with van der Waals surface area (Å²) in [4.78, 5) is 3.96. The number of aryl methyl sites for hydroxylation is 1. The van der Waals surface area contributed by atoms with Crippen molar-refractivity contribution in [1.82, 2.24) is 19.6 Å². The maximum Gasteiger partial charge on any atom is 0.259 e. The van der Waals surface area contributed by atoms with Crippen LogP contribution in [0.15, 0.2) is 66.1 Å². The lowest BCUT2D eigenvalue weighted by Gasteiger charge is -2.36. The van der Waals surface area contributed by atoms with Crippen molar-refractivity contribution < 1.29 is 13.2 Å². The van der Waals surface area contributed by atoms with Gasteiger partial charge in [-0.3, -0.25) is 0 Å². The quantitative estimate of drug-likeness (QED) is 0.512. The fraction of sp³-hybridized carbons (Fsp3) is 0.423. The number of imidazole rings is 1. The minimum absolute atomic E-state index is 0.0182. The SMILES string of the molecule is Cn1cnc(S(=O)(=O)NCc2ccc3c(c2)[C@@H](Cc2ccccc2)[C@@H](NCC(C)(C)C)CO3)c1. The predicted octanol–water partition coefficient (Wildman–Crippen LogP) is 3.62. The van der Waals surface area contributed by atoms with E-state index in [1.165, 1.54) is 18.1 Å². The van der Waals surface area contributed by atoms with Crippen molar-refractivity contribution >= 4 is 10.0 Å². The van der Waals surface area contributed by atoms with Crippen molar-refractivity contribution in [1.29, 1.82) is 0 Å². The highest BCUT2D eigenvalue weighted by atomic mass is 32.2. The topological polar surface area (TPSA) is 85.2 Å². The van der Waals surface area contributed by atoms with Gasteiger partial charge in [0.15, 0.2) is 5.03 Å². The minimum Gasteiger partial charge on any atom is -0.492 e. The van der Waals surface area contributed by atoms with Crippen molar-refractivity contribution in [2.75, 3.05) is 13.2 Å².